The average molecular weight is 295 g/mol. The summed E-state index contributed by atoms with van der Waals surface area (Å²) < 4.78 is 13.8. The third-order valence-corrected chi connectivity index (χ3v) is 4.85. The van der Waals surface area contributed by atoms with Gasteiger partial charge in [-0.3, -0.25) is 4.79 Å². The average Bonchev–Trinajstić information content (AvgIpc) is 3.34. The van der Waals surface area contributed by atoms with Crippen LogP contribution in [0.4, 0.5) is 4.39 Å². The Hall–Kier alpha value is -2.16. The highest BCUT2D eigenvalue weighted by Crippen LogP contribution is 2.49. The molecule has 1 fully saturated rings. The van der Waals surface area contributed by atoms with Gasteiger partial charge in [0.15, 0.2) is 0 Å². The van der Waals surface area contributed by atoms with Crippen LogP contribution in [0.25, 0.3) is 0 Å². The lowest BCUT2D eigenvalue weighted by Gasteiger charge is -2.29. The van der Waals surface area contributed by atoms with E-state index in [0.717, 1.165) is 19.4 Å². The third kappa shape index (κ3) is 2.31. The summed E-state index contributed by atoms with van der Waals surface area (Å²) in [5.41, 5.74) is 3.27. The number of carbonyl (C=O) groups excluding carboxylic acids is 1. The number of nitrogens with zero attached hydrogens (tertiary/aromatic N) is 1. The highest BCUT2D eigenvalue weighted by atomic mass is 19.1. The molecule has 0 N–H and O–H groups in total. The number of benzene rings is 2. The van der Waals surface area contributed by atoms with Crippen molar-refractivity contribution in [1.82, 2.24) is 4.90 Å². The van der Waals surface area contributed by atoms with Crippen molar-refractivity contribution in [3.63, 3.8) is 0 Å². The largest absolute Gasteiger partial charge is 0.338 e. The lowest BCUT2D eigenvalue weighted by atomic mass is 9.99. The van der Waals surface area contributed by atoms with E-state index < -0.39 is 0 Å². The smallest absolute Gasteiger partial charge is 0.226 e. The molecule has 1 aliphatic carbocycles. The first-order valence-corrected chi connectivity index (χ1v) is 7.84. The van der Waals surface area contributed by atoms with Gasteiger partial charge in [0.2, 0.25) is 5.91 Å². The minimum Gasteiger partial charge on any atom is -0.338 e. The van der Waals surface area contributed by atoms with Crippen molar-refractivity contribution in [2.45, 2.75) is 25.3 Å². The number of amides is 1. The molecule has 2 aliphatic rings. The fraction of sp³-hybridized carbons (Fsp3) is 0.316. The van der Waals surface area contributed by atoms with Crippen molar-refractivity contribution in [3.8, 4) is 0 Å². The Morgan fingerprint density at radius 1 is 1.05 bits per heavy atom. The Labute approximate surface area is 129 Å². The van der Waals surface area contributed by atoms with Gasteiger partial charge < -0.3 is 4.90 Å². The Morgan fingerprint density at radius 2 is 1.77 bits per heavy atom. The molecule has 2 unspecified atom stereocenters. The summed E-state index contributed by atoms with van der Waals surface area (Å²) in [5.74, 6) is 0.0163. The molecule has 4 rings (SSSR count). The number of halogens is 1. The second kappa shape index (κ2) is 5.24. The normalized spacial score (nSPS) is 23.0. The number of carbonyl (C=O) groups is 1. The second-order valence-corrected chi connectivity index (χ2v) is 6.25. The number of rotatable bonds is 2. The Morgan fingerprint density at radius 3 is 2.59 bits per heavy atom. The molecule has 1 heterocycles. The first-order valence-electron chi connectivity index (χ1n) is 7.84. The van der Waals surface area contributed by atoms with E-state index >= 15 is 0 Å². The molecule has 112 valence electrons. The second-order valence-electron chi connectivity index (χ2n) is 6.25. The summed E-state index contributed by atoms with van der Waals surface area (Å²) in [6.07, 6.45) is 1.69. The van der Waals surface area contributed by atoms with Gasteiger partial charge in [-0.2, -0.15) is 0 Å². The van der Waals surface area contributed by atoms with E-state index in [2.05, 4.69) is 12.1 Å². The van der Waals surface area contributed by atoms with Crippen LogP contribution in [0.15, 0.2) is 48.5 Å². The zero-order chi connectivity index (χ0) is 15.1. The van der Waals surface area contributed by atoms with Gasteiger partial charge in [0.1, 0.15) is 5.82 Å². The van der Waals surface area contributed by atoms with E-state index in [1.54, 1.807) is 12.1 Å². The zero-order valence-corrected chi connectivity index (χ0v) is 12.3. The standard InChI is InChI=1S/C19H18FNO/c20-18-8-4-3-7-15(18)16-11-17(16)19(22)21-10-9-13-5-1-2-6-14(13)12-21/h1-8,16-17H,9-12H2. The number of fused-ring (bicyclic) bond motifs is 1. The van der Waals surface area contributed by atoms with E-state index in [0.29, 0.717) is 12.1 Å². The van der Waals surface area contributed by atoms with Crippen molar-refractivity contribution in [2.24, 2.45) is 5.92 Å². The Bertz CT molecular complexity index is 727. The van der Waals surface area contributed by atoms with Gasteiger partial charge in [-0.1, -0.05) is 42.5 Å². The van der Waals surface area contributed by atoms with Crippen molar-refractivity contribution in [3.05, 3.63) is 71.0 Å². The van der Waals surface area contributed by atoms with E-state index in [1.807, 2.05) is 23.1 Å². The first kappa shape index (κ1) is 13.5. The molecular formula is C19H18FNO. The van der Waals surface area contributed by atoms with Crippen LogP contribution < -0.4 is 0 Å². The highest BCUT2D eigenvalue weighted by molar-refractivity contribution is 5.83. The number of hydrogen-bond donors (Lipinski definition) is 0. The fourth-order valence-corrected chi connectivity index (χ4v) is 3.51. The predicted octanol–water partition coefficient (Wildman–Crippen LogP) is 3.51. The third-order valence-electron chi connectivity index (χ3n) is 4.85. The molecule has 2 nitrogen and oxygen atoms in total. The number of hydrogen-bond acceptors (Lipinski definition) is 1. The van der Waals surface area contributed by atoms with Gasteiger partial charge in [-0.15, -0.1) is 0 Å². The van der Waals surface area contributed by atoms with Crippen LogP contribution in [0.5, 0.6) is 0 Å². The maximum Gasteiger partial charge on any atom is 0.226 e. The van der Waals surface area contributed by atoms with Crippen LogP contribution in [0.1, 0.15) is 29.0 Å². The Kier molecular flexibility index (Phi) is 3.21. The van der Waals surface area contributed by atoms with Crippen LogP contribution in [-0.2, 0) is 17.8 Å². The monoisotopic (exact) mass is 295 g/mol. The minimum absolute atomic E-state index is 0.0397. The molecule has 2 atom stereocenters. The summed E-state index contributed by atoms with van der Waals surface area (Å²) in [4.78, 5) is 14.6. The van der Waals surface area contributed by atoms with Crippen molar-refractivity contribution < 1.29 is 9.18 Å². The molecule has 2 aromatic carbocycles. The van der Waals surface area contributed by atoms with E-state index in [4.69, 9.17) is 0 Å². The SMILES string of the molecule is O=C(C1CC1c1ccccc1F)N1CCc2ccccc2C1. The molecule has 0 spiro atoms. The van der Waals surface area contributed by atoms with Crippen LogP contribution in [0.2, 0.25) is 0 Å². The zero-order valence-electron chi connectivity index (χ0n) is 12.3. The van der Waals surface area contributed by atoms with Crippen molar-refractivity contribution >= 4 is 5.91 Å². The lowest BCUT2D eigenvalue weighted by molar-refractivity contribution is -0.133. The van der Waals surface area contributed by atoms with Gasteiger partial charge in [-0.25, -0.2) is 4.39 Å². The van der Waals surface area contributed by atoms with E-state index in [1.165, 1.54) is 17.2 Å². The molecule has 1 amide bonds. The van der Waals surface area contributed by atoms with Crippen molar-refractivity contribution in [1.29, 1.82) is 0 Å². The first-order chi connectivity index (χ1) is 10.7. The molecule has 2 aromatic rings. The Balaban J connectivity index is 1.48. The summed E-state index contributed by atoms with van der Waals surface area (Å²) in [7, 11) is 0. The van der Waals surface area contributed by atoms with E-state index in [-0.39, 0.29) is 23.6 Å². The van der Waals surface area contributed by atoms with Gasteiger partial charge >= 0.3 is 0 Å². The fourth-order valence-electron chi connectivity index (χ4n) is 3.51. The molecule has 3 heteroatoms. The maximum atomic E-state index is 13.8. The maximum absolute atomic E-state index is 13.8. The van der Waals surface area contributed by atoms with Gasteiger partial charge in [0.05, 0.1) is 0 Å². The highest BCUT2D eigenvalue weighted by Gasteiger charge is 2.47. The van der Waals surface area contributed by atoms with Crippen LogP contribution in [0.3, 0.4) is 0 Å². The summed E-state index contributed by atoms with van der Waals surface area (Å²) in [6, 6.07) is 15.1. The molecule has 0 saturated heterocycles. The summed E-state index contributed by atoms with van der Waals surface area (Å²) in [6.45, 7) is 1.46. The minimum atomic E-state index is -0.188. The van der Waals surface area contributed by atoms with Crippen molar-refractivity contribution in [2.75, 3.05) is 6.54 Å². The molecule has 1 aliphatic heterocycles. The topological polar surface area (TPSA) is 20.3 Å². The molecule has 22 heavy (non-hydrogen) atoms. The van der Waals surface area contributed by atoms with Crippen LogP contribution in [0, 0.1) is 11.7 Å². The molecule has 0 bridgehead atoms. The molecule has 0 radical (unpaired) electrons. The molecule has 0 aromatic heterocycles. The van der Waals surface area contributed by atoms with Crippen LogP contribution in [-0.4, -0.2) is 17.4 Å². The lowest BCUT2D eigenvalue weighted by Crippen LogP contribution is -2.37. The summed E-state index contributed by atoms with van der Waals surface area (Å²) in [5, 5.41) is 0. The summed E-state index contributed by atoms with van der Waals surface area (Å²) >= 11 is 0. The van der Waals surface area contributed by atoms with Crippen LogP contribution >= 0.6 is 0 Å². The van der Waals surface area contributed by atoms with Gasteiger partial charge in [-0.05, 0) is 41.5 Å². The molecule has 1 saturated carbocycles. The predicted molar refractivity (Wildman–Crippen MR) is 82.8 cm³/mol. The molecular weight excluding hydrogens is 277 g/mol. The van der Waals surface area contributed by atoms with E-state index in [9.17, 15) is 9.18 Å². The van der Waals surface area contributed by atoms with Gasteiger partial charge in [0, 0.05) is 19.0 Å². The van der Waals surface area contributed by atoms with Gasteiger partial charge in [0.25, 0.3) is 0 Å². The quantitative estimate of drug-likeness (QED) is 0.830.